The van der Waals surface area contributed by atoms with E-state index in [1.54, 1.807) is 0 Å². The second-order valence-corrected chi connectivity index (χ2v) is 4.15. The van der Waals surface area contributed by atoms with E-state index in [9.17, 15) is 9.90 Å². The van der Waals surface area contributed by atoms with Crippen molar-refractivity contribution in [3.63, 3.8) is 0 Å². The highest BCUT2D eigenvalue weighted by molar-refractivity contribution is 6.36. The molecule has 0 fully saturated rings. The van der Waals surface area contributed by atoms with Crippen molar-refractivity contribution in [1.82, 2.24) is 0 Å². The third kappa shape index (κ3) is 2.19. The number of carbonyl (C=O) groups is 1. The van der Waals surface area contributed by atoms with Crippen molar-refractivity contribution >= 4 is 40.8 Å². The summed E-state index contributed by atoms with van der Waals surface area (Å²) in [5.74, 6) is -2.23. The van der Waals surface area contributed by atoms with E-state index in [1.165, 1.54) is 18.2 Å². The lowest BCUT2D eigenvalue weighted by atomic mass is 9.89. The quantitative estimate of drug-likeness (QED) is 0.682. The van der Waals surface area contributed by atoms with Gasteiger partial charge in [-0.2, -0.15) is 0 Å². The molecule has 0 saturated carbocycles. The molecular weight excluding hydrogens is 234 g/mol. The maximum absolute atomic E-state index is 10.7. The van der Waals surface area contributed by atoms with Crippen LogP contribution in [0.15, 0.2) is 23.3 Å². The summed E-state index contributed by atoms with van der Waals surface area (Å²) in [6.45, 7) is 0. The van der Waals surface area contributed by atoms with Crippen LogP contribution in [-0.4, -0.2) is 16.7 Å². The Morgan fingerprint density at radius 3 is 2.77 bits per heavy atom. The van der Waals surface area contributed by atoms with Gasteiger partial charge in [0, 0.05) is 16.8 Å². The topological polar surface area (TPSA) is 40.1 Å². The van der Waals surface area contributed by atoms with E-state index >= 15 is 0 Å². The van der Waals surface area contributed by atoms with Crippen LogP contribution in [0.2, 0.25) is 0 Å². The molecule has 0 aromatic carbocycles. The van der Waals surface area contributed by atoms with Crippen LogP contribution in [0.25, 0.3) is 0 Å². The molecule has 72 valence electrons. The molecule has 0 aromatic rings. The summed E-state index contributed by atoms with van der Waals surface area (Å²) in [7, 11) is 0. The molecular formula is C8H6Cl3O2-. The van der Waals surface area contributed by atoms with Gasteiger partial charge in [-0.15, -0.1) is 23.2 Å². The fourth-order valence-electron chi connectivity index (χ4n) is 1.11. The zero-order valence-corrected chi connectivity index (χ0v) is 8.73. The fraction of sp³-hybridized carbons (Fsp3) is 0.375. The monoisotopic (exact) mass is 239 g/mol. The standard InChI is InChI=1S/C8H7Cl3O2/c9-4-8(11)3-5(10)1-2-6(8)7(12)13/h1-3,6H,4H2,(H,12,13)/p-1. The lowest BCUT2D eigenvalue weighted by molar-refractivity contribution is -0.310. The first-order valence-corrected chi connectivity index (χ1v) is 4.81. The van der Waals surface area contributed by atoms with Gasteiger partial charge < -0.3 is 9.90 Å². The van der Waals surface area contributed by atoms with Crippen molar-refractivity contribution in [3.8, 4) is 0 Å². The molecule has 2 nitrogen and oxygen atoms in total. The Kier molecular flexibility index (Phi) is 3.28. The third-order valence-corrected chi connectivity index (χ3v) is 3.09. The molecule has 2 unspecified atom stereocenters. The van der Waals surface area contributed by atoms with Gasteiger partial charge in [0.05, 0.1) is 10.8 Å². The lowest BCUT2D eigenvalue weighted by Crippen LogP contribution is -2.44. The highest BCUT2D eigenvalue weighted by Gasteiger charge is 2.35. The van der Waals surface area contributed by atoms with E-state index < -0.39 is 16.8 Å². The van der Waals surface area contributed by atoms with Gasteiger partial charge in [0.2, 0.25) is 0 Å². The smallest absolute Gasteiger partial charge is 0.0892 e. The molecule has 0 aromatic heterocycles. The van der Waals surface area contributed by atoms with Gasteiger partial charge in [-0.1, -0.05) is 17.7 Å². The number of rotatable bonds is 2. The zero-order chi connectivity index (χ0) is 10.1. The Morgan fingerprint density at radius 1 is 1.69 bits per heavy atom. The molecule has 0 radical (unpaired) electrons. The van der Waals surface area contributed by atoms with Gasteiger partial charge in [-0.25, -0.2) is 0 Å². The maximum Gasteiger partial charge on any atom is 0.0892 e. The van der Waals surface area contributed by atoms with Crippen LogP contribution in [-0.2, 0) is 4.79 Å². The van der Waals surface area contributed by atoms with E-state index in [0.29, 0.717) is 5.03 Å². The Bertz CT molecular complexity index is 285. The first kappa shape index (κ1) is 10.9. The summed E-state index contributed by atoms with van der Waals surface area (Å²) < 4.78 is 0. The van der Waals surface area contributed by atoms with Gasteiger partial charge in [0.25, 0.3) is 0 Å². The van der Waals surface area contributed by atoms with Crippen molar-refractivity contribution < 1.29 is 9.90 Å². The number of alkyl halides is 2. The number of carboxylic acid groups (broad SMARTS) is 1. The highest BCUT2D eigenvalue weighted by Crippen LogP contribution is 2.35. The lowest BCUT2D eigenvalue weighted by Gasteiger charge is -2.32. The minimum atomic E-state index is -1.26. The SMILES string of the molecule is O=C([O-])C1C=CC(Cl)=CC1(Cl)CCl. The van der Waals surface area contributed by atoms with E-state index in [1.807, 2.05) is 0 Å². The van der Waals surface area contributed by atoms with Crippen molar-refractivity contribution in [2.45, 2.75) is 4.87 Å². The molecule has 1 aliphatic rings. The highest BCUT2D eigenvalue weighted by atomic mass is 35.5. The predicted octanol–water partition coefficient (Wildman–Crippen LogP) is 1.26. The van der Waals surface area contributed by atoms with E-state index in [0.717, 1.165) is 0 Å². The number of halogens is 3. The van der Waals surface area contributed by atoms with Gasteiger partial charge in [-0.3, -0.25) is 0 Å². The molecule has 1 aliphatic carbocycles. The minimum Gasteiger partial charge on any atom is -0.549 e. The third-order valence-electron chi connectivity index (χ3n) is 1.80. The van der Waals surface area contributed by atoms with Gasteiger partial charge >= 0.3 is 0 Å². The Hall–Kier alpha value is -0.180. The van der Waals surface area contributed by atoms with E-state index in [4.69, 9.17) is 34.8 Å². The van der Waals surface area contributed by atoms with E-state index in [2.05, 4.69) is 0 Å². The van der Waals surface area contributed by atoms with Crippen molar-refractivity contribution in [1.29, 1.82) is 0 Å². The Morgan fingerprint density at radius 2 is 2.31 bits per heavy atom. The molecule has 13 heavy (non-hydrogen) atoms. The van der Waals surface area contributed by atoms with Crippen LogP contribution in [0.3, 0.4) is 0 Å². The summed E-state index contributed by atoms with van der Waals surface area (Å²) >= 11 is 17.2. The summed E-state index contributed by atoms with van der Waals surface area (Å²) in [4.78, 5) is 9.48. The van der Waals surface area contributed by atoms with Crippen LogP contribution in [0, 0.1) is 5.92 Å². The molecule has 0 saturated heterocycles. The number of carboxylic acids is 1. The average molecular weight is 240 g/mol. The summed E-state index contributed by atoms with van der Waals surface area (Å²) in [6.07, 6.45) is 4.27. The average Bonchev–Trinajstić information content (AvgIpc) is 2.03. The molecule has 0 aliphatic heterocycles. The molecule has 0 heterocycles. The number of aliphatic carboxylic acids is 1. The van der Waals surface area contributed by atoms with Crippen molar-refractivity contribution in [2.24, 2.45) is 5.92 Å². The molecule has 0 amide bonds. The van der Waals surface area contributed by atoms with E-state index in [-0.39, 0.29) is 5.88 Å². The first-order valence-electron chi connectivity index (χ1n) is 3.52. The maximum atomic E-state index is 10.7. The van der Waals surface area contributed by atoms with Gasteiger partial charge in [0.15, 0.2) is 0 Å². The summed E-state index contributed by atoms with van der Waals surface area (Å²) in [5.41, 5.74) is 0. The second kappa shape index (κ2) is 3.91. The number of carbonyl (C=O) groups excluding carboxylic acids is 1. The van der Waals surface area contributed by atoms with Crippen LogP contribution in [0.1, 0.15) is 0 Å². The molecule has 2 atom stereocenters. The van der Waals surface area contributed by atoms with Crippen LogP contribution < -0.4 is 5.11 Å². The van der Waals surface area contributed by atoms with Gasteiger partial charge in [-0.05, 0) is 12.2 Å². The molecule has 1 rings (SSSR count). The molecule has 0 bridgehead atoms. The second-order valence-electron chi connectivity index (χ2n) is 2.75. The number of allylic oxidation sites excluding steroid dienone is 3. The molecule has 0 N–H and O–H groups in total. The van der Waals surface area contributed by atoms with Crippen molar-refractivity contribution in [3.05, 3.63) is 23.3 Å². The number of hydrogen-bond donors (Lipinski definition) is 0. The fourth-order valence-corrected chi connectivity index (χ4v) is 1.96. The summed E-state index contributed by atoms with van der Waals surface area (Å²) in [5, 5.41) is 11.0. The Labute approximate surface area is 90.8 Å². The first-order chi connectivity index (χ1) is 5.99. The van der Waals surface area contributed by atoms with Crippen LogP contribution in [0.4, 0.5) is 0 Å². The normalized spacial score (nSPS) is 32.8. The zero-order valence-electron chi connectivity index (χ0n) is 6.47. The predicted molar refractivity (Wildman–Crippen MR) is 50.9 cm³/mol. The molecule has 5 heteroatoms. The van der Waals surface area contributed by atoms with Crippen LogP contribution >= 0.6 is 34.8 Å². The largest absolute Gasteiger partial charge is 0.549 e. The Balaban J connectivity index is 3.01. The van der Waals surface area contributed by atoms with Gasteiger partial charge in [0.1, 0.15) is 0 Å². The summed E-state index contributed by atoms with van der Waals surface area (Å²) in [6, 6.07) is 0. The van der Waals surface area contributed by atoms with Crippen molar-refractivity contribution in [2.75, 3.05) is 5.88 Å². The number of hydrogen-bond acceptors (Lipinski definition) is 2. The minimum absolute atomic E-state index is 0.0340. The van der Waals surface area contributed by atoms with Crippen LogP contribution in [0.5, 0.6) is 0 Å². The molecule has 0 spiro atoms.